The Morgan fingerprint density at radius 2 is 1.83 bits per heavy atom. The summed E-state index contributed by atoms with van der Waals surface area (Å²) in [7, 11) is 0. The monoisotopic (exact) mass is 254 g/mol. The summed E-state index contributed by atoms with van der Waals surface area (Å²) in [5.74, 6) is 2.58. The molecule has 18 heavy (non-hydrogen) atoms. The summed E-state index contributed by atoms with van der Waals surface area (Å²) < 4.78 is 0. The summed E-state index contributed by atoms with van der Waals surface area (Å²) in [5.41, 5.74) is 0. The molecule has 1 fully saturated rings. The van der Waals surface area contributed by atoms with E-state index in [2.05, 4.69) is 37.9 Å². The maximum absolute atomic E-state index is 3.61. The number of nitrogens with one attached hydrogen (secondary N) is 1. The fraction of sp³-hybridized carbons (Fsp3) is 1.00. The molecule has 1 rings (SSSR count). The van der Waals surface area contributed by atoms with Gasteiger partial charge in [0.25, 0.3) is 0 Å². The van der Waals surface area contributed by atoms with Gasteiger partial charge in [0.15, 0.2) is 0 Å². The molecule has 1 aliphatic heterocycles. The van der Waals surface area contributed by atoms with Crippen LogP contribution in [-0.4, -0.2) is 37.6 Å². The molecule has 1 aliphatic rings. The first-order valence-corrected chi connectivity index (χ1v) is 8.04. The van der Waals surface area contributed by atoms with Gasteiger partial charge in [-0.3, -0.25) is 0 Å². The van der Waals surface area contributed by atoms with Crippen LogP contribution in [0, 0.1) is 17.8 Å². The Balaban J connectivity index is 2.09. The zero-order chi connectivity index (χ0) is 13.4. The quantitative estimate of drug-likeness (QED) is 0.714. The van der Waals surface area contributed by atoms with E-state index in [1.165, 1.54) is 58.4 Å². The van der Waals surface area contributed by atoms with Gasteiger partial charge in [-0.1, -0.05) is 34.1 Å². The summed E-state index contributed by atoms with van der Waals surface area (Å²) in [6, 6.07) is 0. The zero-order valence-corrected chi connectivity index (χ0v) is 13.0. The number of nitrogens with zero attached hydrogens (tertiary/aromatic N) is 1. The van der Waals surface area contributed by atoms with Crippen molar-refractivity contribution in [1.29, 1.82) is 0 Å². The maximum atomic E-state index is 3.61. The molecule has 0 bridgehead atoms. The number of hydrogen-bond acceptors (Lipinski definition) is 2. The number of rotatable bonds is 8. The molecule has 0 radical (unpaired) electrons. The van der Waals surface area contributed by atoms with Crippen LogP contribution < -0.4 is 5.32 Å². The van der Waals surface area contributed by atoms with Crippen molar-refractivity contribution in [2.75, 3.05) is 32.7 Å². The summed E-state index contributed by atoms with van der Waals surface area (Å²) >= 11 is 0. The Morgan fingerprint density at radius 1 is 1.17 bits per heavy atom. The molecule has 0 amide bonds. The number of piperidine rings is 1. The molecule has 2 nitrogen and oxygen atoms in total. The highest BCUT2D eigenvalue weighted by Gasteiger charge is 2.19. The number of likely N-dealkylation sites (tertiary alicyclic amines) is 1. The molecule has 0 saturated carbocycles. The zero-order valence-electron chi connectivity index (χ0n) is 13.0. The van der Waals surface area contributed by atoms with E-state index < -0.39 is 0 Å². The third-order valence-corrected chi connectivity index (χ3v) is 4.04. The second kappa shape index (κ2) is 8.92. The van der Waals surface area contributed by atoms with E-state index in [-0.39, 0.29) is 0 Å². The molecular weight excluding hydrogens is 220 g/mol. The summed E-state index contributed by atoms with van der Waals surface area (Å²) in [4.78, 5) is 2.68. The Labute approximate surface area is 115 Å². The minimum absolute atomic E-state index is 0.778. The molecule has 0 aromatic carbocycles. The van der Waals surface area contributed by atoms with Gasteiger partial charge in [0.1, 0.15) is 0 Å². The smallest absolute Gasteiger partial charge is 0.000702 e. The van der Waals surface area contributed by atoms with Gasteiger partial charge >= 0.3 is 0 Å². The van der Waals surface area contributed by atoms with E-state index in [4.69, 9.17) is 0 Å². The molecule has 108 valence electrons. The lowest BCUT2D eigenvalue weighted by molar-refractivity contribution is 0.159. The fourth-order valence-electron chi connectivity index (χ4n) is 2.97. The van der Waals surface area contributed by atoms with Gasteiger partial charge in [-0.25, -0.2) is 0 Å². The maximum Gasteiger partial charge on any atom is 0.000702 e. The highest BCUT2D eigenvalue weighted by Crippen LogP contribution is 2.18. The molecule has 1 N–H and O–H groups in total. The van der Waals surface area contributed by atoms with E-state index in [1.807, 2.05) is 0 Å². The lowest BCUT2D eigenvalue weighted by Crippen LogP contribution is -2.39. The number of hydrogen-bond donors (Lipinski definition) is 1. The van der Waals surface area contributed by atoms with E-state index in [9.17, 15) is 0 Å². The summed E-state index contributed by atoms with van der Waals surface area (Å²) in [6.07, 6.45) is 5.50. The van der Waals surface area contributed by atoms with E-state index in [0.29, 0.717) is 0 Å². The van der Waals surface area contributed by atoms with Gasteiger partial charge in [0.2, 0.25) is 0 Å². The predicted octanol–water partition coefficient (Wildman–Crippen LogP) is 3.38. The first kappa shape index (κ1) is 16.0. The lowest BCUT2D eigenvalue weighted by atomic mass is 9.95. The molecule has 0 spiro atoms. The van der Waals surface area contributed by atoms with Crippen LogP contribution in [0.1, 0.15) is 53.4 Å². The molecular formula is C16H34N2. The van der Waals surface area contributed by atoms with Gasteiger partial charge in [-0.15, -0.1) is 0 Å². The first-order valence-electron chi connectivity index (χ1n) is 8.04. The predicted molar refractivity (Wildman–Crippen MR) is 80.9 cm³/mol. The largest absolute Gasteiger partial charge is 0.316 e. The van der Waals surface area contributed by atoms with Crippen molar-refractivity contribution in [3.05, 3.63) is 0 Å². The molecule has 1 saturated heterocycles. The van der Waals surface area contributed by atoms with Crippen molar-refractivity contribution < 1.29 is 0 Å². The summed E-state index contributed by atoms with van der Waals surface area (Å²) in [6.45, 7) is 15.6. The van der Waals surface area contributed by atoms with Crippen LogP contribution in [-0.2, 0) is 0 Å². The molecule has 0 aliphatic carbocycles. The van der Waals surface area contributed by atoms with Crippen LogP contribution in [0.25, 0.3) is 0 Å². The van der Waals surface area contributed by atoms with Crippen LogP contribution in [0.15, 0.2) is 0 Å². The van der Waals surface area contributed by atoms with E-state index >= 15 is 0 Å². The second-order valence-corrected chi connectivity index (χ2v) is 6.69. The molecule has 1 unspecified atom stereocenters. The Kier molecular flexibility index (Phi) is 7.92. The Morgan fingerprint density at radius 3 is 2.39 bits per heavy atom. The third kappa shape index (κ3) is 6.75. The molecule has 1 atom stereocenters. The van der Waals surface area contributed by atoms with Crippen molar-refractivity contribution in [3.63, 3.8) is 0 Å². The third-order valence-electron chi connectivity index (χ3n) is 4.04. The normalized spacial score (nSPS) is 20.5. The molecule has 0 aromatic heterocycles. The van der Waals surface area contributed by atoms with Crippen LogP contribution in [0.4, 0.5) is 0 Å². The van der Waals surface area contributed by atoms with Crippen LogP contribution in [0.3, 0.4) is 0 Å². The van der Waals surface area contributed by atoms with Gasteiger partial charge < -0.3 is 10.2 Å². The van der Waals surface area contributed by atoms with Crippen LogP contribution in [0.5, 0.6) is 0 Å². The van der Waals surface area contributed by atoms with Crippen molar-refractivity contribution in [2.24, 2.45) is 17.8 Å². The van der Waals surface area contributed by atoms with Gasteiger partial charge in [0, 0.05) is 6.54 Å². The van der Waals surface area contributed by atoms with Gasteiger partial charge in [-0.05, 0) is 63.2 Å². The van der Waals surface area contributed by atoms with Crippen LogP contribution >= 0.6 is 0 Å². The minimum Gasteiger partial charge on any atom is -0.316 e. The standard InChI is InChI=1S/C16H34N2/c1-5-6-15(4)13-18-9-7-16(8-10-18)12-17-11-14(2)3/h14-17H,5-13H2,1-4H3. The topological polar surface area (TPSA) is 15.3 Å². The van der Waals surface area contributed by atoms with Crippen molar-refractivity contribution in [1.82, 2.24) is 10.2 Å². The van der Waals surface area contributed by atoms with Crippen molar-refractivity contribution >= 4 is 0 Å². The Bertz CT molecular complexity index is 195. The van der Waals surface area contributed by atoms with Gasteiger partial charge in [-0.2, -0.15) is 0 Å². The molecule has 0 aromatic rings. The lowest BCUT2D eigenvalue weighted by Gasteiger charge is -2.33. The van der Waals surface area contributed by atoms with Crippen molar-refractivity contribution in [3.8, 4) is 0 Å². The Hall–Kier alpha value is -0.0800. The van der Waals surface area contributed by atoms with Gasteiger partial charge in [0.05, 0.1) is 0 Å². The van der Waals surface area contributed by atoms with Crippen molar-refractivity contribution in [2.45, 2.75) is 53.4 Å². The van der Waals surface area contributed by atoms with E-state index in [0.717, 1.165) is 17.8 Å². The van der Waals surface area contributed by atoms with E-state index in [1.54, 1.807) is 0 Å². The second-order valence-electron chi connectivity index (χ2n) is 6.69. The van der Waals surface area contributed by atoms with Crippen LogP contribution in [0.2, 0.25) is 0 Å². The minimum atomic E-state index is 0.778. The average molecular weight is 254 g/mol. The summed E-state index contributed by atoms with van der Waals surface area (Å²) in [5, 5.41) is 3.61. The first-order chi connectivity index (χ1) is 8.61. The highest BCUT2D eigenvalue weighted by atomic mass is 15.1. The average Bonchev–Trinajstić information content (AvgIpc) is 2.31. The highest BCUT2D eigenvalue weighted by molar-refractivity contribution is 4.75. The fourth-order valence-corrected chi connectivity index (χ4v) is 2.97. The SMILES string of the molecule is CCCC(C)CN1CCC(CNCC(C)C)CC1. The molecule has 2 heteroatoms. The molecule has 1 heterocycles.